The number of rotatable bonds is 4. The van der Waals surface area contributed by atoms with Gasteiger partial charge in [-0.1, -0.05) is 40.9 Å². The van der Waals surface area contributed by atoms with E-state index in [1.807, 2.05) is 0 Å². The van der Waals surface area contributed by atoms with Crippen molar-refractivity contribution in [1.82, 2.24) is 5.32 Å². The summed E-state index contributed by atoms with van der Waals surface area (Å²) in [5, 5.41) is 3.04. The number of nitrogens with two attached hydrogens (primary N) is 1. The van der Waals surface area contributed by atoms with E-state index in [0.29, 0.717) is 6.54 Å². The lowest BCUT2D eigenvalue weighted by molar-refractivity contribution is -0.125. The molecule has 0 bridgehead atoms. The zero-order chi connectivity index (χ0) is 14.8. The van der Waals surface area contributed by atoms with Gasteiger partial charge in [-0.3, -0.25) is 4.79 Å². The molecule has 0 radical (unpaired) electrons. The van der Waals surface area contributed by atoms with Gasteiger partial charge in [-0.15, -0.1) is 12.4 Å². The Morgan fingerprint density at radius 1 is 1.29 bits per heavy atom. The fourth-order valence-electron chi connectivity index (χ4n) is 2.90. The maximum Gasteiger partial charge on any atom is 0.239 e. The van der Waals surface area contributed by atoms with Crippen molar-refractivity contribution in [1.29, 1.82) is 0 Å². The van der Waals surface area contributed by atoms with E-state index in [1.165, 1.54) is 18.4 Å². The third-order valence-corrected chi connectivity index (χ3v) is 4.72. The highest BCUT2D eigenvalue weighted by Crippen LogP contribution is 2.41. The molecule has 0 aromatic heterocycles. The van der Waals surface area contributed by atoms with Gasteiger partial charge in [-0.25, -0.2) is 0 Å². The second-order valence-electron chi connectivity index (χ2n) is 6.40. The van der Waals surface area contributed by atoms with Gasteiger partial charge in [0.2, 0.25) is 5.91 Å². The Balaban J connectivity index is 0.00000220. The van der Waals surface area contributed by atoms with E-state index in [2.05, 4.69) is 45.5 Å². The first kappa shape index (κ1) is 18.5. The number of hydrogen-bond acceptors (Lipinski definition) is 2. The minimum absolute atomic E-state index is 0. The fraction of sp³-hybridized carbons (Fsp3) is 0.562. The summed E-state index contributed by atoms with van der Waals surface area (Å²) in [6.07, 6.45) is 4.69. The van der Waals surface area contributed by atoms with Crippen molar-refractivity contribution in [2.45, 2.75) is 50.5 Å². The van der Waals surface area contributed by atoms with E-state index in [-0.39, 0.29) is 23.7 Å². The molecule has 1 saturated carbocycles. The number of nitrogens with one attached hydrogen (secondary N) is 1. The Labute approximate surface area is 141 Å². The van der Waals surface area contributed by atoms with Crippen LogP contribution in [0.4, 0.5) is 0 Å². The first-order valence-corrected chi connectivity index (χ1v) is 7.96. The van der Waals surface area contributed by atoms with Crippen LogP contribution in [0.2, 0.25) is 0 Å². The molecule has 21 heavy (non-hydrogen) atoms. The molecule has 0 saturated heterocycles. The van der Waals surface area contributed by atoms with Crippen molar-refractivity contribution in [2.75, 3.05) is 6.54 Å². The summed E-state index contributed by atoms with van der Waals surface area (Å²) in [7, 11) is 0. The van der Waals surface area contributed by atoms with Crippen molar-refractivity contribution in [3.05, 3.63) is 34.3 Å². The predicted octanol–water partition coefficient (Wildman–Crippen LogP) is 3.54. The van der Waals surface area contributed by atoms with Gasteiger partial charge in [0.15, 0.2) is 0 Å². The number of carbonyl (C=O) groups is 1. The lowest BCUT2D eigenvalue weighted by Crippen LogP contribution is -2.52. The highest BCUT2D eigenvalue weighted by atomic mass is 79.9. The van der Waals surface area contributed by atoms with Crippen LogP contribution in [-0.4, -0.2) is 18.0 Å². The molecule has 1 fully saturated rings. The predicted molar refractivity (Wildman–Crippen MR) is 92.8 cm³/mol. The smallest absolute Gasteiger partial charge is 0.239 e. The summed E-state index contributed by atoms with van der Waals surface area (Å²) < 4.78 is 1.08. The van der Waals surface area contributed by atoms with Gasteiger partial charge < -0.3 is 11.1 Å². The Morgan fingerprint density at radius 2 is 1.81 bits per heavy atom. The van der Waals surface area contributed by atoms with Crippen molar-refractivity contribution < 1.29 is 4.79 Å². The van der Waals surface area contributed by atoms with Crippen molar-refractivity contribution in [2.24, 2.45) is 5.73 Å². The van der Waals surface area contributed by atoms with Gasteiger partial charge in [-0.2, -0.15) is 0 Å². The average molecular weight is 376 g/mol. The van der Waals surface area contributed by atoms with E-state index in [9.17, 15) is 4.79 Å². The number of benzene rings is 1. The van der Waals surface area contributed by atoms with Crippen molar-refractivity contribution in [3.8, 4) is 0 Å². The minimum atomic E-state index is -0.820. The topological polar surface area (TPSA) is 55.1 Å². The highest BCUT2D eigenvalue weighted by Gasteiger charge is 2.36. The molecule has 1 aliphatic rings. The van der Waals surface area contributed by atoms with E-state index in [1.54, 1.807) is 13.8 Å². The molecule has 0 spiro atoms. The van der Waals surface area contributed by atoms with Gasteiger partial charge in [0.1, 0.15) is 0 Å². The lowest BCUT2D eigenvalue weighted by atomic mass is 9.78. The van der Waals surface area contributed by atoms with Crippen LogP contribution in [0.3, 0.4) is 0 Å². The van der Waals surface area contributed by atoms with E-state index in [0.717, 1.165) is 17.3 Å². The zero-order valence-electron chi connectivity index (χ0n) is 12.6. The van der Waals surface area contributed by atoms with Gasteiger partial charge >= 0.3 is 0 Å². The molecule has 0 aliphatic heterocycles. The average Bonchev–Trinajstić information content (AvgIpc) is 2.85. The Morgan fingerprint density at radius 3 is 2.29 bits per heavy atom. The Hall–Kier alpha value is -0.580. The van der Waals surface area contributed by atoms with Gasteiger partial charge in [-0.05, 0) is 44.4 Å². The van der Waals surface area contributed by atoms with Gasteiger partial charge in [0.25, 0.3) is 0 Å². The third kappa shape index (κ3) is 4.44. The number of halogens is 2. The molecule has 1 amide bonds. The summed E-state index contributed by atoms with van der Waals surface area (Å²) >= 11 is 3.47. The zero-order valence-corrected chi connectivity index (χ0v) is 15.0. The van der Waals surface area contributed by atoms with Crippen LogP contribution in [0, 0.1) is 0 Å². The number of amides is 1. The Kier molecular flexibility index (Phi) is 6.26. The first-order valence-electron chi connectivity index (χ1n) is 7.17. The SMILES string of the molecule is CC(C)(N)C(=O)NCC1(c2ccc(Br)cc2)CCCC1.Cl. The second kappa shape index (κ2) is 7.12. The van der Waals surface area contributed by atoms with Gasteiger partial charge in [0.05, 0.1) is 5.54 Å². The Bertz CT molecular complexity index is 476. The molecule has 1 aromatic carbocycles. The van der Waals surface area contributed by atoms with E-state index in [4.69, 9.17) is 5.73 Å². The van der Waals surface area contributed by atoms with Crippen molar-refractivity contribution >= 4 is 34.2 Å². The quantitative estimate of drug-likeness (QED) is 0.845. The summed E-state index contributed by atoms with van der Waals surface area (Å²) in [5.41, 5.74) is 6.41. The molecule has 0 unspecified atom stereocenters. The lowest BCUT2D eigenvalue weighted by Gasteiger charge is -2.31. The molecule has 5 heteroatoms. The van der Waals surface area contributed by atoms with Crippen LogP contribution in [-0.2, 0) is 10.2 Å². The molecule has 3 nitrogen and oxygen atoms in total. The molecule has 0 heterocycles. The van der Waals surface area contributed by atoms with Crippen molar-refractivity contribution in [3.63, 3.8) is 0 Å². The van der Waals surface area contributed by atoms with E-state index >= 15 is 0 Å². The third-order valence-electron chi connectivity index (χ3n) is 4.19. The largest absolute Gasteiger partial charge is 0.354 e. The van der Waals surface area contributed by atoms with Crippen LogP contribution in [0.25, 0.3) is 0 Å². The maximum atomic E-state index is 12.0. The molecule has 118 valence electrons. The first-order chi connectivity index (χ1) is 9.33. The van der Waals surface area contributed by atoms with Crippen LogP contribution < -0.4 is 11.1 Å². The summed E-state index contributed by atoms with van der Waals surface area (Å²) in [6.45, 7) is 4.15. The molecule has 3 N–H and O–H groups in total. The summed E-state index contributed by atoms with van der Waals surface area (Å²) in [4.78, 5) is 12.0. The van der Waals surface area contributed by atoms with Crippen LogP contribution >= 0.6 is 28.3 Å². The molecule has 1 aliphatic carbocycles. The molecule has 0 atom stereocenters. The monoisotopic (exact) mass is 374 g/mol. The highest BCUT2D eigenvalue weighted by molar-refractivity contribution is 9.10. The maximum absolute atomic E-state index is 12.0. The normalized spacial score (nSPS) is 17.1. The molecule has 1 aromatic rings. The molecule has 2 rings (SSSR count). The number of hydrogen-bond donors (Lipinski definition) is 2. The number of carbonyl (C=O) groups excluding carboxylic acids is 1. The fourth-order valence-corrected chi connectivity index (χ4v) is 3.16. The van der Waals surface area contributed by atoms with E-state index < -0.39 is 5.54 Å². The van der Waals surface area contributed by atoms with Crippen LogP contribution in [0.15, 0.2) is 28.7 Å². The second-order valence-corrected chi connectivity index (χ2v) is 7.31. The summed E-state index contributed by atoms with van der Waals surface area (Å²) in [5.74, 6) is -0.0825. The molecular formula is C16H24BrClN2O. The standard InChI is InChI=1S/C16H23BrN2O.ClH/c1-15(2,18)14(20)19-11-16(9-3-4-10-16)12-5-7-13(17)8-6-12;/h5-8H,3-4,9-11,18H2,1-2H3,(H,19,20);1H. The van der Waals surface area contributed by atoms with Gasteiger partial charge in [0, 0.05) is 16.4 Å². The minimum Gasteiger partial charge on any atom is -0.354 e. The summed E-state index contributed by atoms with van der Waals surface area (Å²) in [6, 6.07) is 8.47. The van der Waals surface area contributed by atoms with Crippen LogP contribution in [0.5, 0.6) is 0 Å². The van der Waals surface area contributed by atoms with Crippen LogP contribution in [0.1, 0.15) is 45.1 Å². The molecular weight excluding hydrogens is 352 g/mol.